The third-order valence-corrected chi connectivity index (χ3v) is 4.01. The lowest BCUT2D eigenvalue weighted by molar-refractivity contribution is -0.384. The lowest BCUT2D eigenvalue weighted by atomic mass is 10.1. The Morgan fingerprint density at radius 3 is 2.63 bits per heavy atom. The Labute approximate surface area is 153 Å². The molecule has 0 unspecified atom stereocenters. The van der Waals surface area contributed by atoms with Gasteiger partial charge in [0.05, 0.1) is 16.7 Å². The van der Waals surface area contributed by atoms with E-state index in [0.29, 0.717) is 22.8 Å². The summed E-state index contributed by atoms with van der Waals surface area (Å²) in [7, 11) is 0. The third-order valence-electron chi connectivity index (χ3n) is 4.01. The standard InChI is InChI=1S/C20H13NO6/c22-20-17-8-7-16(26-12-13-3-5-14(6-4-13)21(23)24)10-18(17)27-19(20)11-15-2-1-9-25-15/h1-11H,12H2/b19-11-. The zero-order chi connectivity index (χ0) is 18.8. The first-order chi connectivity index (χ1) is 13.1. The number of ketones is 1. The molecule has 1 aliphatic heterocycles. The number of benzene rings is 2. The zero-order valence-corrected chi connectivity index (χ0v) is 14.0. The molecule has 0 aliphatic carbocycles. The number of furan rings is 1. The Morgan fingerprint density at radius 1 is 1.11 bits per heavy atom. The molecule has 3 aromatic rings. The number of allylic oxidation sites excluding steroid dienone is 1. The van der Waals surface area contributed by atoms with Gasteiger partial charge in [0, 0.05) is 24.3 Å². The van der Waals surface area contributed by atoms with Crippen LogP contribution in [0.5, 0.6) is 11.5 Å². The molecule has 134 valence electrons. The van der Waals surface area contributed by atoms with Crippen LogP contribution in [0, 0.1) is 10.1 Å². The minimum atomic E-state index is -0.451. The smallest absolute Gasteiger partial charge is 0.269 e. The van der Waals surface area contributed by atoms with Crippen LogP contribution in [0.1, 0.15) is 21.7 Å². The van der Waals surface area contributed by atoms with Crippen molar-refractivity contribution >= 4 is 17.5 Å². The number of nitrogens with zero attached hydrogens (tertiary/aromatic N) is 1. The van der Waals surface area contributed by atoms with Gasteiger partial charge in [-0.15, -0.1) is 0 Å². The van der Waals surface area contributed by atoms with Gasteiger partial charge in [-0.2, -0.15) is 0 Å². The van der Waals surface area contributed by atoms with Crippen LogP contribution in [0.15, 0.2) is 71.0 Å². The van der Waals surface area contributed by atoms with Gasteiger partial charge in [0.2, 0.25) is 5.78 Å². The molecular formula is C20H13NO6. The number of nitro groups is 1. The number of rotatable bonds is 5. The number of carbonyl (C=O) groups is 1. The lowest BCUT2D eigenvalue weighted by Gasteiger charge is -2.07. The fraction of sp³-hybridized carbons (Fsp3) is 0.0500. The van der Waals surface area contributed by atoms with Crippen LogP contribution < -0.4 is 9.47 Å². The molecule has 0 spiro atoms. The Bertz CT molecular complexity index is 1030. The average Bonchev–Trinajstić information content (AvgIpc) is 3.29. The molecule has 0 atom stereocenters. The molecule has 7 heteroatoms. The van der Waals surface area contributed by atoms with E-state index in [1.807, 2.05) is 0 Å². The summed E-state index contributed by atoms with van der Waals surface area (Å²) in [4.78, 5) is 22.6. The van der Waals surface area contributed by atoms with Gasteiger partial charge in [0.15, 0.2) is 5.76 Å². The quantitative estimate of drug-likeness (QED) is 0.379. The summed E-state index contributed by atoms with van der Waals surface area (Å²) < 4.78 is 16.5. The maximum absolute atomic E-state index is 12.4. The first-order valence-corrected chi connectivity index (χ1v) is 8.08. The summed E-state index contributed by atoms with van der Waals surface area (Å²) in [5.74, 6) is 1.44. The second kappa shape index (κ2) is 6.80. The molecule has 0 fully saturated rings. The first-order valence-electron chi connectivity index (χ1n) is 8.08. The van der Waals surface area contributed by atoms with Crippen LogP contribution in [0.4, 0.5) is 5.69 Å². The van der Waals surface area contributed by atoms with Gasteiger partial charge in [0.1, 0.15) is 23.9 Å². The molecule has 2 aromatic carbocycles. The summed E-state index contributed by atoms with van der Waals surface area (Å²) in [6.07, 6.45) is 3.06. The third kappa shape index (κ3) is 3.43. The second-order valence-corrected chi connectivity index (χ2v) is 5.83. The molecule has 2 heterocycles. The molecule has 0 saturated heterocycles. The minimum Gasteiger partial charge on any atom is -0.489 e. The summed E-state index contributed by atoms with van der Waals surface area (Å²) in [5.41, 5.74) is 1.27. The maximum Gasteiger partial charge on any atom is 0.269 e. The highest BCUT2D eigenvalue weighted by molar-refractivity contribution is 6.14. The summed E-state index contributed by atoms with van der Waals surface area (Å²) in [6, 6.07) is 14.5. The minimum absolute atomic E-state index is 0.0269. The first kappa shape index (κ1) is 16.6. The van der Waals surface area contributed by atoms with Gasteiger partial charge in [0.25, 0.3) is 5.69 Å². The van der Waals surface area contributed by atoms with Crippen LogP contribution in [0.3, 0.4) is 0 Å². The number of non-ortho nitro benzene ring substituents is 1. The molecule has 1 aromatic heterocycles. The van der Waals surface area contributed by atoms with Crippen molar-refractivity contribution in [3.63, 3.8) is 0 Å². The van der Waals surface area contributed by atoms with Gasteiger partial charge in [-0.1, -0.05) is 0 Å². The molecule has 0 amide bonds. The van der Waals surface area contributed by atoms with Crippen molar-refractivity contribution in [1.82, 2.24) is 0 Å². The van der Waals surface area contributed by atoms with Crippen LogP contribution in [-0.2, 0) is 6.61 Å². The predicted octanol–water partition coefficient (Wildman–Crippen LogP) is 4.38. The van der Waals surface area contributed by atoms with Gasteiger partial charge < -0.3 is 13.9 Å². The molecular weight excluding hydrogens is 350 g/mol. The van der Waals surface area contributed by atoms with Crippen LogP contribution in [-0.4, -0.2) is 10.7 Å². The number of Topliss-reactive ketones (excluding diaryl/α,β-unsaturated/α-hetero) is 1. The Balaban J connectivity index is 1.47. The summed E-state index contributed by atoms with van der Waals surface area (Å²) >= 11 is 0. The SMILES string of the molecule is O=C1/C(=C/c2ccco2)Oc2cc(OCc3ccc([N+](=O)[O-])cc3)ccc21. The molecule has 27 heavy (non-hydrogen) atoms. The van der Waals surface area contributed by atoms with Crippen molar-refractivity contribution in [1.29, 1.82) is 0 Å². The Morgan fingerprint density at radius 2 is 1.93 bits per heavy atom. The van der Waals surface area contributed by atoms with E-state index < -0.39 is 4.92 Å². The van der Waals surface area contributed by atoms with Crippen molar-refractivity contribution in [2.24, 2.45) is 0 Å². The average molecular weight is 363 g/mol. The van der Waals surface area contributed by atoms with Gasteiger partial charge in [-0.3, -0.25) is 14.9 Å². The van der Waals surface area contributed by atoms with E-state index >= 15 is 0 Å². The van der Waals surface area contributed by atoms with Crippen LogP contribution >= 0.6 is 0 Å². The fourth-order valence-electron chi connectivity index (χ4n) is 2.64. The van der Waals surface area contributed by atoms with E-state index in [4.69, 9.17) is 13.9 Å². The monoisotopic (exact) mass is 363 g/mol. The van der Waals surface area contributed by atoms with Crippen molar-refractivity contribution in [3.05, 3.63) is 93.6 Å². The van der Waals surface area contributed by atoms with Crippen molar-refractivity contribution in [2.45, 2.75) is 6.61 Å². The van der Waals surface area contributed by atoms with Crippen molar-refractivity contribution < 1.29 is 23.6 Å². The number of nitro benzene ring substituents is 1. The maximum atomic E-state index is 12.4. The fourth-order valence-corrected chi connectivity index (χ4v) is 2.64. The van der Waals surface area contributed by atoms with Crippen LogP contribution in [0.25, 0.3) is 6.08 Å². The van der Waals surface area contributed by atoms with Crippen molar-refractivity contribution in [3.8, 4) is 11.5 Å². The lowest BCUT2D eigenvalue weighted by Crippen LogP contribution is -1.97. The number of hydrogen-bond acceptors (Lipinski definition) is 6. The molecule has 0 radical (unpaired) electrons. The summed E-state index contributed by atoms with van der Waals surface area (Å²) in [5, 5.41) is 10.7. The normalized spacial score (nSPS) is 14.1. The molecule has 0 saturated carbocycles. The molecule has 1 aliphatic rings. The molecule has 7 nitrogen and oxygen atoms in total. The molecule has 0 N–H and O–H groups in total. The number of ether oxygens (including phenoxy) is 2. The van der Waals surface area contributed by atoms with E-state index in [9.17, 15) is 14.9 Å². The van der Waals surface area contributed by atoms with Gasteiger partial charge in [-0.05, 0) is 42.0 Å². The van der Waals surface area contributed by atoms with E-state index in [1.54, 1.807) is 48.5 Å². The van der Waals surface area contributed by atoms with Crippen molar-refractivity contribution in [2.75, 3.05) is 0 Å². The van der Waals surface area contributed by atoms with E-state index in [1.165, 1.54) is 18.4 Å². The number of carbonyl (C=O) groups excluding carboxylic acids is 1. The number of hydrogen-bond donors (Lipinski definition) is 0. The van der Waals surface area contributed by atoms with Gasteiger partial charge >= 0.3 is 0 Å². The number of fused-ring (bicyclic) bond motifs is 1. The van der Waals surface area contributed by atoms with E-state index in [2.05, 4.69) is 0 Å². The molecule has 0 bridgehead atoms. The topological polar surface area (TPSA) is 91.8 Å². The Hall–Kier alpha value is -3.87. The highest BCUT2D eigenvalue weighted by atomic mass is 16.6. The summed E-state index contributed by atoms with van der Waals surface area (Å²) in [6.45, 7) is 0.236. The molecule has 4 rings (SSSR count). The van der Waals surface area contributed by atoms with E-state index in [0.717, 1.165) is 5.56 Å². The van der Waals surface area contributed by atoms with Gasteiger partial charge in [-0.25, -0.2) is 0 Å². The Kier molecular flexibility index (Phi) is 4.18. The second-order valence-electron chi connectivity index (χ2n) is 5.83. The highest BCUT2D eigenvalue weighted by Crippen LogP contribution is 2.35. The predicted molar refractivity (Wildman–Crippen MR) is 95.5 cm³/mol. The highest BCUT2D eigenvalue weighted by Gasteiger charge is 2.28. The van der Waals surface area contributed by atoms with Crippen LogP contribution in [0.2, 0.25) is 0 Å². The van der Waals surface area contributed by atoms with E-state index in [-0.39, 0.29) is 23.8 Å². The zero-order valence-electron chi connectivity index (χ0n) is 14.0. The largest absolute Gasteiger partial charge is 0.489 e.